The highest BCUT2D eigenvalue weighted by molar-refractivity contribution is 5.00. The Balaban J connectivity index is 1.71. The third-order valence-corrected chi connectivity index (χ3v) is 3.38. The molecule has 5 nitrogen and oxygen atoms in total. The Morgan fingerprint density at radius 2 is 2.12 bits per heavy atom. The van der Waals surface area contributed by atoms with Crippen molar-refractivity contribution in [1.29, 1.82) is 0 Å². The molecule has 1 saturated carbocycles. The van der Waals surface area contributed by atoms with E-state index in [-0.39, 0.29) is 6.10 Å². The van der Waals surface area contributed by atoms with E-state index < -0.39 is 0 Å². The fraction of sp³-hybridized carbons (Fsp3) is 0.818. The first kappa shape index (κ1) is 10.2. The van der Waals surface area contributed by atoms with Crippen molar-refractivity contribution in [3.8, 4) is 0 Å². The fourth-order valence-electron chi connectivity index (χ4n) is 2.45. The third-order valence-electron chi connectivity index (χ3n) is 3.38. The first-order valence-electron chi connectivity index (χ1n) is 6.09. The van der Waals surface area contributed by atoms with Gasteiger partial charge >= 0.3 is 0 Å². The molecule has 1 atom stereocenters. The van der Waals surface area contributed by atoms with Gasteiger partial charge in [-0.25, -0.2) is 0 Å². The Morgan fingerprint density at radius 1 is 1.25 bits per heavy atom. The molecule has 1 aromatic heterocycles. The fourth-order valence-corrected chi connectivity index (χ4v) is 2.45. The highest BCUT2D eigenvalue weighted by atomic mass is 16.5. The maximum atomic E-state index is 5.58. The second-order valence-electron chi connectivity index (χ2n) is 4.54. The topological polar surface area (TPSA) is 60.2 Å². The standard InChI is InChI=1S/C11H17N3O2/c1-2-4-8(3-1)10-13-11(16-14-10)9-7-12-5-6-15-9/h8-9,12H,1-7H2/t9-/m0/s1. The summed E-state index contributed by atoms with van der Waals surface area (Å²) in [6.07, 6.45) is 4.91. The molecule has 0 spiro atoms. The van der Waals surface area contributed by atoms with Crippen LogP contribution in [0, 0.1) is 0 Å². The number of nitrogens with one attached hydrogen (secondary N) is 1. The molecule has 0 amide bonds. The van der Waals surface area contributed by atoms with Gasteiger partial charge in [-0.15, -0.1) is 0 Å². The van der Waals surface area contributed by atoms with E-state index in [2.05, 4.69) is 15.5 Å². The number of ether oxygens (including phenoxy) is 1. The molecule has 2 aliphatic rings. The van der Waals surface area contributed by atoms with Crippen molar-refractivity contribution in [2.45, 2.75) is 37.7 Å². The van der Waals surface area contributed by atoms with Crippen LogP contribution in [-0.4, -0.2) is 29.8 Å². The molecule has 0 bridgehead atoms. The van der Waals surface area contributed by atoms with Crippen molar-refractivity contribution in [3.63, 3.8) is 0 Å². The molecular weight excluding hydrogens is 206 g/mol. The van der Waals surface area contributed by atoms with Gasteiger partial charge in [0.25, 0.3) is 5.89 Å². The second-order valence-corrected chi connectivity index (χ2v) is 4.54. The Hall–Kier alpha value is -0.940. The summed E-state index contributed by atoms with van der Waals surface area (Å²) >= 11 is 0. The van der Waals surface area contributed by atoms with Gasteiger partial charge < -0.3 is 14.6 Å². The van der Waals surface area contributed by atoms with Gasteiger partial charge in [0.2, 0.25) is 0 Å². The van der Waals surface area contributed by atoms with Gasteiger partial charge in [-0.1, -0.05) is 18.0 Å². The molecule has 0 radical (unpaired) electrons. The SMILES string of the molecule is C1CCC(c2noc([C@@H]3CNCCO3)n2)C1. The monoisotopic (exact) mass is 223 g/mol. The minimum Gasteiger partial charge on any atom is -0.366 e. The number of aromatic nitrogens is 2. The zero-order valence-corrected chi connectivity index (χ0v) is 9.32. The number of rotatable bonds is 2. The van der Waals surface area contributed by atoms with Crippen molar-refractivity contribution in [3.05, 3.63) is 11.7 Å². The summed E-state index contributed by atoms with van der Waals surface area (Å²) in [7, 11) is 0. The van der Waals surface area contributed by atoms with Gasteiger partial charge in [-0.05, 0) is 12.8 Å². The van der Waals surface area contributed by atoms with E-state index in [9.17, 15) is 0 Å². The number of hydrogen-bond donors (Lipinski definition) is 1. The van der Waals surface area contributed by atoms with Crippen LogP contribution in [0.3, 0.4) is 0 Å². The number of morpholine rings is 1. The molecule has 1 N–H and O–H groups in total. The molecule has 16 heavy (non-hydrogen) atoms. The lowest BCUT2D eigenvalue weighted by Gasteiger charge is -2.19. The quantitative estimate of drug-likeness (QED) is 0.821. The molecule has 1 aliphatic carbocycles. The smallest absolute Gasteiger partial charge is 0.257 e. The molecule has 3 rings (SSSR count). The predicted octanol–water partition coefficient (Wildman–Crippen LogP) is 1.39. The van der Waals surface area contributed by atoms with Crippen LogP contribution in [-0.2, 0) is 4.74 Å². The Bertz CT molecular complexity index is 341. The molecule has 88 valence electrons. The van der Waals surface area contributed by atoms with Gasteiger partial charge in [0.05, 0.1) is 6.61 Å². The van der Waals surface area contributed by atoms with Crippen LogP contribution in [0.25, 0.3) is 0 Å². The number of nitrogens with zero attached hydrogens (tertiary/aromatic N) is 2. The molecule has 1 saturated heterocycles. The summed E-state index contributed by atoms with van der Waals surface area (Å²) in [4.78, 5) is 4.47. The predicted molar refractivity (Wildman–Crippen MR) is 57.1 cm³/mol. The largest absolute Gasteiger partial charge is 0.366 e. The van der Waals surface area contributed by atoms with E-state index in [1.807, 2.05) is 0 Å². The van der Waals surface area contributed by atoms with Crippen LogP contribution in [0.4, 0.5) is 0 Å². The van der Waals surface area contributed by atoms with Crippen LogP contribution in [0.1, 0.15) is 49.4 Å². The van der Waals surface area contributed by atoms with Gasteiger partial charge in [-0.2, -0.15) is 4.98 Å². The van der Waals surface area contributed by atoms with E-state index in [0.717, 1.165) is 18.9 Å². The maximum absolute atomic E-state index is 5.58. The Labute approximate surface area is 94.6 Å². The van der Waals surface area contributed by atoms with Crippen molar-refractivity contribution >= 4 is 0 Å². The zero-order chi connectivity index (χ0) is 10.8. The Kier molecular flexibility index (Phi) is 2.88. The van der Waals surface area contributed by atoms with Gasteiger partial charge in [0.1, 0.15) is 6.10 Å². The molecule has 2 heterocycles. The van der Waals surface area contributed by atoms with Crippen LogP contribution in [0.2, 0.25) is 0 Å². The summed E-state index contributed by atoms with van der Waals surface area (Å²) in [5.41, 5.74) is 0. The van der Waals surface area contributed by atoms with Gasteiger partial charge in [0, 0.05) is 19.0 Å². The minimum atomic E-state index is -0.0589. The van der Waals surface area contributed by atoms with Crippen molar-refractivity contribution in [2.24, 2.45) is 0 Å². The summed E-state index contributed by atoms with van der Waals surface area (Å²) in [6, 6.07) is 0. The summed E-state index contributed by atoms with van der Waals surface area (Å²) in [5, 5.41) is 7.34. The van der Waals surface area contributed by atoms with Crippen LogP contribution in [0.5, 0.6) is 0 Å². The molecular formula is C11H17N3O2. The average Bonchev–Trinajstić information content (AvgIpc) is 3.01. The highest BCUT2D eigenvalue weighted by Gasteiger charge is 2.26. The minimum absolute atomic E-state index is 0.0589. The molecule has 0 aromatic carbocycles. The summed E-state index contributed by atoms with van der Waals surface area (Å²) < 4.78 is 10.9. The zero-order valence-electron chi connectivity index (χ0n) is 9.32. The molecule has 5 heteroatoms. The van der Waals surface area contributed by atoms with Crippen molar-refractivity contribution in [2.75, 3.05) is 19.7 Å². The van der Waals surface area contributed by atoms with E-state index in [0.29, 0.717) is 18.4 Å². The molecule has 2 fully saturated rings. The second kappa shape index (κ2) is 4.51. The van der Waals surface area contributed by atoms with Crippen molar-refractivity contribution in [1.82, 2.24) is 15.5 Å². The lowest BCUT2D eigenvalue weighted by atomic mass is 10.1. The van der Waals surface area contributed by atoms with Gasteiger partial charge in [-0.3, -0.25) is 0 Å². The average molecular weight is 223 g/mol. The molecule has 0 unspecified atom stereocenters. The normalized spacial score (nSPS) is 27.4. The molecule has 1 aliphatic heterocycles. The summed E-state index contributed by atoms with van der Waals surface area (Å²) in [5.74, 6) is 2.02. The maximum Gasteiger partial charge on any atom is 0.257 e. The van der Waals surface area contributed by atoms with Crippen LogP contribution < -0.4 is 5.32 Å². The van der Waals surface area contributed by atoms with Crippen LogP contribution in [0.15, 0.2) is 4.52 Å². The van der Waals surface area contributed by atoms with Crippen molar-refractivity contribution < 1.29 is 9.26 Å². The van der Waals surface area contributed by atoms with E-state index in [1.54, 1.807) is 0 Å². The van der Waals surface area contributed by atoms with Gasteiger partial charge in [0.15, 0.2) is 5.82 Å². The molecule has 1 aromatic rings. The first-order chi connectivity index (χ1) is 7.93. The summed E-state index contributed by atoms with van der Waals surface area (Å²) in [6.45, 7) is 2.39. The van der Waals surface area contributed by atoms with Crippen LogP contribution >= 0.6 is 0 Å². The Morgan fingerprint density at radius 3 is 2.88 bits per heavy atom. The highest BCUT2D eigenvalue weighted by Crippen LogP contribution is 2.32. The first-order valence-corrected chi connectivity index (χ1v) is 6.09. The van der Waals surface area contributed by atoms with E-state index >= 15 is 0 Å². The van der Waals surface area contributed by atoms with E-state index in [1.165, 1.54) is 25.7 Å². The lowest BCUT2D eigenvalue weighted by molar-refractivity contribution is 0.00755. The third kappa shape index (κ3) is 1.97. The number of hydrogen-bond acceptors (Lipinski definition) is 5. The lowest BCUT2D eigenvalue weighted by Crippen LogP contribution is -2.33. The van der Waals surface area contributed by atoms with E-state index in [4.69, 9.17) is 9.26 Å².